The maximum Gasteiger partial charge on any atom is 0.0223 e. The van der Waals surface area contributed by atoms with Crippen molar-refractivity contribution in [2.45, 2.75) is 39.2 Å². The molecule has 0 spiro atoms. The van der Waals surface area contributed by atoms with Crippen molar-refractivity contribution in [3.05, 3.63) is 11.6 Å². The summed E-state index contributed by atoms with van der Waals surface area (Å²) in [6.07, 6.45) is 6.57. The van der Waals surface area contributed by atoms with Gasteiger partial charge >= 0.3 is 0 Å². The van der Waals surface area contributed by atoms with Crippen molar-refractivity contribution in [2.75, 3.05) is 26.2 Å². The van der Waals surface area contributed by atoms with Gasteiger partial charge in [-0.15, -0.1) is 0 Å². The Balaban J connectivity index is 1.84. The lowest BCUT2D eigenvalue weighted by Gasteiger charge is -2.23. The Kier molecular flexibility index (Phi) is 3.81. The quantitative estimate of drug-likeness (QED) is 0.714. The lowest BCUT2D eigenvalue weighted by Crippen LogP contribution is -2.39. The molecule has 2 rings (SSSR count). The molecule has 0 amide bonds. The van der Waals surface area contributed by atoms with Gasteiger partial charge in [0.25, 0.3) is 0 Å². The molecule has 0 aromatic carbocycles. The second-order valence-corrected chi connectivity index (χ2v) is 5.29. The summed E-state index contributed by atoms with van der Waals surface area (Å²) in [5, 5.41) is 3.70. The molecule has 2 aliphatic rings. The van der Waals surface area contributed by atoms with Gasteiger partial charge < -0.3 is 5.32 Å². The summed E-state index contributed by atoms with van der Waals surface area (Å²) in [7, 11) is 0. The molecule has 1 aliphatic heterocycles. The number of rotatable bonds is 3. The molecule has 1 N–H and O–H groups in total. The average molecular weight is 208 g/mol. The van der Waals surface area contributed by atoms with Gasteiger partial charge in [-0.1, -0.05) is 11.6 Å². The molecule has 0 radical (unpaired) electrons. The standard InChI is InChI=1S/C13H24N2/c1-11(2)6-9-15-8-3-7-14-13(10-15)12-4-5-12/h6,12-14H,3-5,7-10H2,1-2H3. The molecule has 2 nitrogen and oxygen atoms in total. The Morgan fingerprint density at radius 2 is 2.20 bits per heavy atom. The molecule has 0 bridgehead atoms. The summed E-state index contributed by atoms with van der Waals surface area (Å²) in [4.78, 5) is 2.61. The van der Waals surface area contributed by atoms with Crippen LogP contribution in [0.3, 0.4) is 0 Å². The van der Waals surface area contributed by atoms with Crippen LogP contribution in [0.25, 0.3) is 0 Å². The minimum atomic E-state index is 0.776. The lowest BCUT2D eigenvalue weighted by molar-refractivity contribution is 0.283. The molecule has 86 valence electrons. The third-order valence-corrected chi connectivity index (χ3v) is 3.46. The summed E-state index contributed by atoms with van der Waals surface area (Å²) < 4.78 is 0. The summed E-state index contributed by atoms with van der Waals surface area (Å²) in [6, 6.07) is 0.776. The molecule has 15 heavy (non-hydrogen) atoms. The summed E-state index contributed by atoms with van der Waals surface area (Å²) in [6.45, 7) is 9.26. The topological polar surface area (TPSA) is 15.3 Å². The van der Waals surface area contributed by atoms with E-state index >= 15 is 0 Å². The van der Waals surface area contributed by atoms with Crippen LogP contribution >= 0.6 is 0 Å². The Labute approximate surface area is 93.7 Å². The van der Waals surface area contributed by atoms with Crippen molar-refractivity contribution in [1.82, 2.24) is 10.2 Å². The highest BCUT2D eigenvalue weighted by atomic mass is 15.2. The van der Waals surface area contributed by atoms with Gasteiger partial charge in [-0.2, -0.15) is 0 Å². The van der Waals surface area contributed by atoms with Crippen LogP contribution in [0.2, 0.25) is 0 Å². The fourth-order valence-corrected chi connectivity index (χ4v) is 2.32. The van der Waals surface area contributed by atoms with Gasteiger partial charge in [0.15, 0.2) is 0 Å². The van der Waals surface area contributed by atoms with Gasteiger partial charge in [0.1, 0.15) is 0 Å². The maximum absolute atomic E-state index is 3.70. The van der Waals surface area contributed by atoms with Gasteiger partial charge in [-0.3, -0.25) is 4.90 Å². The van der Waals surface area contributed by atoms with Crippen LogP contribution in [0.1, 0.15) is 33.1 Å². The van der Waals surface area contributed by atoms with Gasteiger partial charge in [0.2, 0.25) is 0 Å². The third kappa shape index (κ3) is 3.62. The van der Waals surface area contributed by atoms with E-state index in [0.29, 0.717) is 0 Å². The van der Waals surface area contributed by atoms with Crippen LogP contribution in [0.4, 0.5) is 0 Å². The number of allylic oxidation sites excluding steroid dienone is 1. The Morgan fingerprint density at radius 1 is 1.40 bits per heavy atom. The molecule has 1 aliphatic carbocycles. The summed E-state index contributed by atoms with van der Waals surface area (Å²) in [5.41, 5.74) is 1.44. The Hall–Kier alpha value is -0.340. The molecule has 0 aromatic heterocycles. The first kappa shape index (κ1) is 11.2. The number of hydrogen-bond acceptors (Lipinski definition) is 2. The highest BCUT2D eigenvalue weighted by Gasteiger charge is 2.32. The monoisotopic (exact) mass is 208 g/mol. The molecule has 1 unspecified atom stereocenters. The lowest BCUT2D eigenvalue weighted by atomic mass is 10.2. The number of nitrogens with zero attached hydrogens (tertiary/aromatic N) is 1. The SMILES string of the molecule is CC(C)=CCN1CCCNC(C2CC2)C1. The zero-order valence-electron chi connectivity index (χ0n) is 10.1. The molecular formula is C13H24N2. The van der Waals surface area contributed by atoms with Gasteiger partial charge in [0, 0.05) is 19.1 Å². The van der Waals surface area contributed by atoms with E-state index in [2.05, 4.69) is 30.1 Å². The predicted molar refractivity (Wildman–Crippen MR) is 65.0 cm³/mol. The molecule has 0 aromatic rings. The van der Waals surface area contributed by atoms with Gasteiger partial charge in [0.05, 0.1) is 0 Å². The van der Waals surface area contributed by atoms with Crippen LogP contribution in [0, 0.1) is 5.92 Å². The van der Waals surface area contributed by atoms with E-state index in [1.165, 1.54) is 44.5 Å². The van der Waals surface area contributed by atoms with Crippen LogP contribution < -0.4 is 5.32 Å². The van der Waals surface area contributed by atoms with E-state index in [1.807, 2.05) is 0 Å². The predicted octanol–water partition coefficient (Wildman–Crippen LogP) is 2.03. The van der Waals surface area contributed by atoms with Crippen LogP contribution in [0.15, 0.2) is 11.6 Å². The Morgan fingerprint density at radius 3 is 2.87 bits per heavy atom. The molecule has 1 heterocycles. The van der Waals surface area contributed by atoms with Crippen molar-refractivity contribution < 1.29 is 0 Å². The normalized spacial score (nSPS) is 28.5. The highest BCUT2D eigenvalue weighted by Crippen LogP contribution is 2.33. The zero-order chi connectivity index (χ0) is 10.7. The van der Waals surface area contributed by atoms with Crippen LogP contribution in [-0.2, 0) is 0 Å². The van der Waals surface area contributed by atoms with Crippen LogP contribution in [0.5, 0.6) is 0 Å². The first-order chi connectivity index (χ1) is 7.25. The smallest absolute Gasteiger partial charge is 0.0223 e. The number of hydrogen-bond donors (Lipinski definition) is 1. The average Bonchev–Trinajstić information content (AvgIpc) is 3.01. The van der Waals surface area contributed by atoms with Crippen LogP contribution in [-0.4, -0.2) is 37.1 Å². The first-order valence-electron chi connectivity index (χ1n) is 6.35. The van der Waals surface area contributed by atoms with Crippen molar-refractivity contribution >= 4 is 0 Å². The molecule has 1 atom stereocenters. The van der Waals surface area contributed by atoms with Crippen molar-refractivity contribution in [3.8, 4) is 0 Å². The molecular weight excluding hydrogens is 184 g/mol. The van der Waals surface area contributed by atoms with Gasteiger partial charge in [-0.05, 0) is 52.1 Å². The summed E-state index contributed by atoms with van der Waals surface area (Å²) >= 11 is 0. The first-order valence-corrected chi connectivity index (χ1v) is 6.35. The second-order valence-electron chi connectivity index (χ2n) is 5.29. The summed E-state index contributed by atoms with van der Waals surface area (Å²) in [5.74, 6) is 0.984. The second kappa shape index (κ2) is 5.13. The fourth-order valence-electron chi connectivity index (χ4n) is 2.32. The minimum Gasteiger partial charge on any atom is -0.312 e. The van der Waals surface area contributed by atoms with E-state index in [-0.39, 0.29) is 0 Å². The Bertz CT molecular complexity index is 227. The van der Waals surface area contributed by atoms with E-state index in [9.17, 15) is 0 Å². The fraction of sp³-hybridized carbons (Fsp3) is 0.846. The molecule has 1 saturated carbocycles. The van der Waals surface area contributed by atoms with Crippen molar-refractivity contribution in [1.29, 1.82) is 0 Å². The largest absolute Gasteiger partial charge is 0.312 e. The molecule has 1 saturated heterocycles. The van der Waals surface area contributed by atoms with Gasteiger partial charge in [-0.25, -0.2) is 0 Å². The molecule has 2 fully saturated rings. The van der Waals surface area contributed by atoms with E-state index in [4.69, 9.17) is 0 Å². The minimum absolute atomic E-state index is 0.776. The van der Waals surface area contributed by atoms with E-state index < -0.39 is 0 Å². The van der Waals surface area contributed by atoms with E-state index in [0.717, 1.165) is 18.5 Å². The van der Waals surface area contributed by atoms with E-state index in [1.54, 1.807) is 0 Å². The number of nitrogens with one attached hydrogen (secondary N) is 1. The van der Waals surface area contributed by atoms with Crippen molar-refractivity contribution in [3.63, 3.8) is 0 Å². The van der Waals surface area contributed by atoms with Crippen molar-refractivity contribution in [2.24, 2.45) is 5.92 Å². The molecule has 2 heteroatoms. The highest BCUT2D eigenvalue weighted by molar-refractivity contribution is 4.97. The third-order valence-electron chi connectivity index (χ3n) is 3.46. The maximum atomic E-state index is 3.70. The zero-order valence-corrected chi connectivity index (χ0v) is 10.1.